The second-order valence-corrected chi connectivity index (χ2v) is 12.0. The number of unbranched alkanes of at least 4 members (excludes halogenated alkanes) is 3. The minimum absolute atomic E-state index is 0.924. The Hall–Kier alpha value is 0. The summed E-state index contributed by atoms with van der Waals surface area (Å²) in [6, 6.07) is 0. The molecule has 0 aliphatic heterocycles. The predicted octanol–water partition coefficient (Wildman–Crippen LogP) is 10.6. The van der Waals surface area contributed by atoms with Gasteiger partial charge in [-0.3, -0.25) is 0 Å². The topological polar surface area (TPSA) is 0 Å². The maximum Gasteiger partial charge on any atom is -0.0383 e. The Morgan fingerprint density at radius 2 is 1.23 bits per heavy atom. The van der Waals surface area contributed by atoms with E-state index in [1.807, 2.05) is 0 Å². The molecule has 0 bridgehead atoms. The third kappa shape index (κ3) is 10.5. The lowest BCUT2D eigenvalue weighted by Gasteiger charge is -2.34. The summed E-state index contributed by atoms with van der Waals surface area (Å²) >= 11 is 0. The zero-order chi connectivity index (χ0) is 21.6. The van der Waals surface area contributed by atoms with Crippen LogP contribution in [0.15, 0.2) is 0 Å². The Morgan fingerprint density at radius 1 is 0.633 bits per heavy atom. The van der Waals surface area contributed by atoms with Crippen molar-refractivity contribution in [1.29, 1.82) is 0 Å². The van der Waals surface area contributed by atoms with Gasteiger partial charge in [0.05, 0.1) is 0 Å². The zero-order valence-corrected chi connectivity index (χ0v) is 21.6. The van der Waals surface area contributed by atoms with Gasteiger partial charge < -0.3 is 0 Å². The minimum atomic E-state index is 0.924. The Morgan fingerprint density at radius 3 is 1.80 bits per heavy atom. The fraction of sp³-hybridized carbons (Fsp3) is 1.00. The molecular formula is C30H58. The van der Waals surface area contributed by atoms with E-state index in [4.69, 9.17) is 0 Å². The molecule has 1 unspecified atom stereocenters. The minimum Gasteiger partial charge on any atom is -0.0654 e. The fourth-order valence-corrected chi connectivity index (χ4v) is 6.79. The summed E-state index contributed by atoms with van der Waals surface area (Å²) in [5, 5.41) is 0. The van der Waals surface area contributed by atoms with Gasteiger partial charge in [0, 0.05) is 0 Å². The summed E-state index contributed by atoms with van der Waals surface area (Å²) < 4.78 is 0. The van der Waals surface area contributed by atoms with Crippen LogP contribution < -0.4 is 0 Å². The summed E-state index contributed by atoms with van der Waals surface area (Å²) in [6.45, 7) is 9.44. The largest absolute Gasteiger partial charge is 0.0654 e. The van der Waals surface area contributed by atoms with Gasteiger partial charge in [0.1, 0.15) is 0 Å². The van der Waals surface area contributed by atoms with Crippen LogP contribution in [-0.2, 0) is 0 Å². The van der Waals surface area contributed by atoms with Gasteiger partial charge in [-0.05, 0) is 54.8 Å². The average Bonchev–Trinajstić information content (AvgIpc) is 2.78. The molecule has 3 aliphatic carbocycles. The quantitative estimate of drug-likeness (QED) is 0.326. The van der Waals surface area contributed by atoms with E-state index < -0.39 is 0 Å². The van der Waals surface area contributed by atoms with E-state index in [9.17, 15) is 0 Å². The monoisotopic (exact) mass is 418 g/mol. The normalized spacial score (nSPS) is 27.5. The van der Waals surface area contributed by atoms with Crippen molar-refractivity contribution in [3.8, 4) is 0 Å². The molecule has 178 valence electrons. The third-order valence-electron chi connectivity index (χ3n) is 9.11. The molecule has 0 N–H and O–H groups in total. The van der Waals surface area contributed by atoms with Gasteiger partial charge in [0.2, 0.25) is 0 Å². The molecule has 3 fully saturated rings. The van der Waals surface area contributed by atoms with Crippen molar-refractivity contribution in [3.05, 3.63) is 0 Å². The molecule has 0 radical (unpaired) electrons. The molecule has 0 heterocycles. The van der Waals surface area contributed by atoms with Crippen LogP contribution in [0.25, 0.3) is 0 Å². The average molecular weight is 419 g/mol. The Balaban J connectivity index is 0.000000269. The lowest BCUT2D eigenvalue weighted by atomic mass is 9.72. The van der Waals surface area contributed by atoms with Crippen LogP contribution in [-0.4, -0.2) is 0 Å². The molecule has 0 nitrogen and oxygen atoms in total. The highest BCUT2D eigenvalue weighted by atomic mass is 14.3. The summed E-state index contributed by atoms with van der Waals surface area (Å²) in [4.78, 5) is 0. The molecule has 0 heteroatoms. The van der Waals surface area contributed by atoms with Crippen molar-refractivity contribution in [2.75, 3.05) is 0 Å². The van der Waals surface area contributed by atoms with Crippen LogP contribution in [0.1, 0.15) is 156 Å². The second-order valence-electron chi connectivity index (χ2n) is 12.0. The lowest BCUT2D eigenvalue weighted by molar-refractivity contribution is 0.177. The Bertz CT molecular complexity index is 377. The van der Waals surface area contributed by atoms with Gasteiger partial charge >= 0.3 is 0 Å². The lowest BCUT2D eigenvalue weighted by Crippen LogP contribution is -2.22. The molecule has 3 rings (SSSR count). The van der Waals surface area contributed by atoms with Crippen LogP contribution in [0.2, 0.25) is 0 Å². The number of hydrogen-bond donors (Lipinski definition) is 0. The first-order valence-electron chi connectivity index (χ1n) is 14.6. The van der Waals surface area contributed by atoms with E-state index in [-0.39, 0.29) is 0 Å². The molecule has 3 saturated carbocycles. The standard InChI is InChI=1S/C20H38.C10H20/c1-2-3-4-9-16-20(19-14-10-6-11-15-19)17-18-12-7-5-8-13-18;1-8(2)10-6-4-9(3)5-7-10/h18-20H,2-17H2,1H3;8-10H,4-7H2,1-3H3. The van der Waals surface area contributed by atoms with E-state index in [1.165, 1.54) is 89.9 Å². The van der Waals surface area contributed by atoms with Crippen molar-refractivity contribution in [2.45, 2.75) is 156 Å². The van der Waals surface area contributed by atoms with E-state index in [2.05, 4.69) is 27.7 Å². The van der Waals surface area contributed by atoms with Crippen LogP contribution in [0.5, 0.6) is 0 Å². The molecule has 0 aromatic heterocycles. The van der Waals surface area contributed by atoms with Gasteiger partial charge in [-0.15, -0.1) is 0 Å². The number of rotatable bonds is 9. The molecule has 0 saturated heterocycles. The fourth-order valence-electron chi connectivity index (χ4n) is 6.79. The van der Waals surface area contributed by atoms with Crippen LogP contribution in [0.3, 0.4) is 0 Å². The number of hydrogen-bond acceptors (Lipinski definition) is 0. The van der Waals surface area contributed by atoms with Crippen molar-refractivity contribution < 1.29 is 0 Å². The first-order chi connectivity index (χ1) is 14.6. The summed E-state index contributed by atoms with van der Waals surface area (Å²) in [6.07, 6.45) is 30.3. The van der Waals surface area contributed by atoms with Gasteiger partial charge in [-0.1, -0.05) is 137 Å². The Kier molecular flexibility index (Phi) is 13.8. The summed E-state index contributed by atoms with van der Waals surface area (Å²) in [7, 11) is 0. The van der Waals surface area contributed by atoms with Gasteiger partial charge in [0.15, 0.2) is 0 Å². The second kappa shape index (κ2) is 15.7. The van der Waals surface area contributed by atoms with E-state index >= 15 is 0 Å². The molecule has 1 atom stereocenters. The van der Waals surface area contributed by atoms with E-state index in [0.29, 0.717) is 0 Å². The highest BCUT2D eigenvalue weighted by molar-refractivity contribution is 4.78. The zero-order valence-electron chi connectivity index (χ0n) is 21.6. The van der Waals surface area contributed by atoms with Crippen molar-refractivity contribution in [1.82, 2.24) is 0 Å². The van der Waals surface area contributed by atoms with Crippen molar-refractivity contribution in [3.63, 3.8) is 0 Å². The van der Waals surface area contributed by atoms with Crippen molar-refractivity contribution in [2.24, 2.45) is 35.5 Å². The van der Waals surface area contributed by atoms with Crippen LogP contribution in [0, 0.1) is 35.5 Å². The van der Waals surface area contributed by atoms with Gasteiger partial charge in [0.25, 0.3) is 0 Å². The van der Waals surface area contributed by atoms with E-state index in [0.717, 1.165) is 35.5 Å². The smallest absolute Gasteiger partial charge is 0.0383 e. The predicted molar refractivity (Wildman–Crippen MR) is 136 cm³/mol. The summed E-state index contributed by atoms with van der Waals surface area (Å²) in [5.74, 6) is 6.27. The van der Waals surface area contributed by atoms with Crippen molar-refractivity contribution >= 4 is 0 Å². The maximum atomic E-state index is 2.39. The van der Waals surface area contributed by atoms with Crippen LogP contribution in [0.4, 0.5) is 0 Å². The van der Waals surface area contributed by atoms with Gasteiger partial charge in [-0.25, -0.2) is 0 Å². The molecular weight excluding hydrogens is 360 g/mol. The molecule has 0 aromatic carbocycles. The molecule has 0 aromatic rings. The first-order valence-corrected chi connectivity index (χ1v) is 14.6. The molecule has 0 amide bonds. The van der Waals surface area contributed by atoms with E-state index in [1.54, 1.807) is 38.5 Å². The van der Waals surface area contributed by atoms with Gasteiger partial charge in [-0.2, -0.15) is 0 Å². The molecule has 3 aliphatic rings. The molecule has 30 heavy (non-hydrogen) atoms. The van der Waals surface area contributed by atoms with Crippen LogP contribution >= 0.6 is 0 Å². The first kappa shape index (κ1) is 26.3. The maximum absolute atomic E-state index is 2.39. The highest BCUT2D eigenvalue weighted by Gasteiger charge is 2.26. The summed E-state index contributed by atoms with van der Waals surface area (Å²) in [5.41, 5.74) is 0. The third-order valence-corrected chi connectivity index (χ3v) is 9.11. The molecule has 0 spiro atoms. The SMILES string of the molecule is CC1CCC(C(C)C)CC1.CCCCCCC(CC1CCCCC1)C1CCCCC1. The highest BCUT2D eigenvalue weighted by Crippen LogP contribution is 2.39. The Labute approximate surface area is 191 Å².